The molecule has 0 amide bonds. The van der Waals surface area contributed by atoms with Gasteiger partial charge in [0.2, 0.25) is 0 Å². The van der Waals surface area contributed by atoms with Crippen LogP contribution in [-0.4, -0.2) is 24.1 Å². The zero-order chi connectivity index (χ0) is 12.4. The van der Waals surface area contributed by atoms with Crippen LogP contribution in [0.1, 0.15) is 18.4 Å². The number of halogens is 1. The van der Waals surface area contributed by atoms with Crippen molar-refractivity contribution < 1.29 is 14.6 Å². The maximum Gasteiger partial charge on any atom is 0.166 e. The standard InChI is InChI=1S/C13H15BrO3/c1-17-12-5-4-10(14)6-9(12)7-11(15)13(16)8-2-3-8/h4-6,8,13,16H,2-3,7H2,1H3. The lowest BCUT2D eigenvalue weighted by atomic mass is 10.0. The average Bonchev–Trinajstić information content (AvgIpc) is 3.12. The fourth-order valence-corrected chi connectivity index (χ4v) is 2.26. The van der Waals surface area contributed by atoms with Crippen LogP contribution >= 0.6 is 15.9 Å². The van der Waals surface area contributed by atoms with Gasteiger partial charge in [-0.2, -0.15) is 0 Å². The van der Waals surface area contributed by atoms with Gasteiger partial charge in [0.1, 0.15) is 11.9 Å². The highest BCUT2D eigenvalue weighted by Crippen LogP contribution is 2.34. The molecule has 4 heteroatoms. The lowest BCUT2D eigenvalue weighted by Gasteiger charge is -2.11. The summed E-state index contributed by atoms with van der Waals surface area (Å²) in [5.41, 5.74) is 0.812. The maximum absolute atomic E-state index is 11.9. The highest BCUT2D eigenvalue weighted by Gasteiger charge is 2.34. The Balaban J connectivity index is 2.11. The van der Waals surface area contributed by atoms with E-state index in [1.807, 2.05) is 18.2 Å². The molecule has 0 bridgehead atoms. The van der Waals surface area contributed by atoms with E-state index in [0.29, 0.717) is 5.75 Å². The second-order valence-corrected chi connectivity index (χ2v) is 5.30. The van der Waals surface area contributed by atoms with Crippen molar-refractivity contribution in [1.29, 1.82) is 0 Å². The summed E-state index contributed by atoms with van der Waals surface area (Å²) in [6.45, 7) is 0. The van der Waals surface area contributed by atoms with E-state index in [4.69, 9.17) is 4.74 Å². The van der Waals surface area contributed by atoms with Crippen LogP contribution in [0.25, 0.3) is 0 Å². The Morgan fingerprint density at radius 1 is 1.59 bits per heavy atom. The summed E-state index contributed by atoms with van der Waals surface area (Å²) >= 11 is 3.36. The molecular formula is C13H15BrO3. The van der Waals surface area contributed by atoms with Crippen molar-refractivity contribution >= 4 is 21.7 Å². The van der Waals surface area contributed by atoms with Crippen LogP contribution in [0.4, 0.5) is 0 Å². The molecule has 1 atom stereocenters. The second-order valence-electron chi connectivity index (χ2n) is 4.38. The van der Waals surface area contributed by atoms with Crippen molar-refractivity contribution in [2.45, 2.75) is 25.4 Å². The molecule has 1 aromatic carbocycles. The molecule has 92 valence electrons. The molecule has 1 aliphatic rings. The minimum Gasteiger partial charge on any atom is -0.496 e. The molecule has 1 N–H and O–H groups in total. The van der Waals surface area contributed by atoms with Gasteiger partial charge in [0.25, 0.3) is 0 Å². The number of rotatable bonds is 5. The molecule has 0 aromatic heterocycles. The van der Waals surface area contributed by atoms with Gasteiger partial charge >= 0.3 is 0 Å². The molecule has 1 unspecified atom stereocenters. The van der Waals surface area contributed by atoms with Gasteiger partial charge in [0.05, 0.1) is 7.11 Å². The number of methoxy groups -OCH3 is 1. The third-order valence-corrected chi connectivity index (χ3v) is 3.50. The predicted molar refractivity (Wildman–Crippen MR) is 68.1 cm³/mol. The zero-order valence-corrected chi connectivity index (χ0v) is 11.2. The molecule has 0 saturated heterocycles. The van der Waals surface area contributed by atoms with Crippen LogP contribution in [0, 0.1) is 5.92 Å². The number of Topliss-reactive ketones (excluding diaryl/α,β-unsaturated/α-hetero) is 1. The van der Waals surface area contributed by atoms with Gasteiger partial charge in [-0.1, -0.05) is 15.9 Å². The first-order valence-corrected chi connectivity index (χ1v) is 6.44. The monoisotopic (exact) mass is 298 g/mol. The SMILES string of the molecule is COc1ccc(Br)cc1CC(=O)C(O)C1CC1. The van der Waals surface area contributed by atoms with E-state index in [1.54, 1.807) is 7.11 Å². The molecule has 0 spiro atoms. The fourth-order valence-electron chi connectivity index (χ4n) is 1.85. The molecule has 1 aliphatic carbocycles. The highest BCUT2D eigenvalue weighted by atomic mass is 79.9. The Hall–Kier alpha value is -0.870. The highest BCUT2D eigenvalue weighted by molar-refractivity contribution is 9.10. The normalized spacial score (nSPS) is 16.6. The summed E-state index contributed by atoms with van der Waals surface area (Å²) in [5.74, 6) is 0.745. The van der Waals surface area contributed by atoms with E-state index in [1.165, 1.54) is 0 Å². The molecule has 0 radical (unpaired) electrons. The van der Waals surface area contributed by atoms with E-state index >= 15 is 0 Å². The van der Waals surface area contributed by atoms with E-state index < -0.39 is 6.10 Å². The summed E-state index contributed by atoms with van der Waals surface area (Å²) in [7, 11) is 1.58. The lowest BCUT2D eigenvalue weighted by molar-refractivity contribution is -0.127. The minimum absolute atomic E-state index is 0.121. The number of hydrogen-bond donors (Lipinski definition) is 1. The molecule has 0 aliphatic heterocycles. The van der Waals surface area contributed by atoms with Crippen molar-refractivity contribution in [3.63, 3.8) is 0 Å². The van der Waals surface area contributed by atoms with Crippen LogP contribution in [-0.2, 0) is 11.2 Å². The largest absolute Gasteiger partial charge is 0.496 e. The Labute approximate surface area is 109 Å². The Morgan fingerprint density at radius 3 is 2.88 bits per heavy atom. The van der Waals surface area contributed by atoms with Crippen molar-refractivity contribution in [3.8, 4) is 5.75 Å². The van der Waals surface area contributed by atoms with Gasteiger partial charge < -0.3 is 9.84 Å². The molecule has 17 heavy (non-hydrogen) atoms. The first-order valence-electron chi connectivity index (χ1n) is 5.65. The van der Waals surface area contributed by atoms with Crippen molar-refractivity contribution in [3.05, 3.63) is 28.2 Å². The molecular weight excluding hydrogens is 284 g/mol. The molecule has 3 nitrogen and oxygen atoms in total. The van der Waals surface area contributed by atoms with E-state index in [0.717, 1.165) is 22.9 Å². The number of carbonyl (C=O) groups is 1. The van der Waals surface area contributed by atoms with Gasteiger partial charge in [-0.3, -0.25) is 4.79 Å². The van der Waals surface area contributed by atoms with Gasteiger partial charge in [-0.15, -0.1) is 0 Å². The van der Waals surface area contributed by atoms with Crippen LogP contribution in [0.15, 0.2) is 22.7 Å². The number of benzene rings is 1. The van der Waals surface area contributed by atoms with Crippen LogP contribution in [0.3, 0.4) is 0 Å². The van der Waals surface area contributed by atoms with Gasteiger partial charge in [0, 0.05) is 16.5 Å². The van der Waals surface area contributed by atoms with E-state index in [9.17, 15) is 9.90 Å². The van der Waals surface area contributed by atoms with Crippen molar-refractivity contribution in [2.75, 3.05) is 7.11 Å². The van der Waals surface area contributed by atoms with Crippen molar-refractivity contribution in [1.82, 2.24) is 0 Å². The topological polar surface area (TPSA) is 46.5 Å². The van der Waals surface area contributed by atoms with Gasteiger partial charge in [-0.05, 0) is 37.0 Å². The smallest absolute Gasteiger partial charge is 0.166 e. The summed E-state index contributed by atoms with van der Waals surface area (Å²) < 4.78 is 6.11. The molecule has 1 aromatic rings. The van der Waals surface area contributed by atoms with Gasteiger partial charge in [-0.25, -0.2) is 0 Å². The quantitative estimate of drug-likeness (QED) is 0.908. The first kappa shape index (κ1) is 12.6. The summed E-state index contributed by atoms with van der Waals surface area (Å²) in [6, 6.07) is 5.54. The number of ether oxygens (including phenoxy) is 1. The second kappa shape index (κ2) is 5.19. The summed E-state index contributed by atoms with van der Waals surface area (Å²) in [5, 5.41) is 9.75. The fraction of sp³-hybridized carbons (Fsp3) is 0.462. The van der Waals surface area contributed by atoms with E-state index in [2.05, 4.69) is 15.9 Å². The van der Waals surface area contributed by atoms with Gasteiger partial charge in [0.15, 0.2) is 5.78 Å². The Bertz CT molecular complexity index is 427. The predicted octanol–water partition coefficient (Wildman–Crippen LogP) is 2.34. The average molecular weight is 299 g/mol. The minimum atomic E-state index is -0.807. The molecule has 1 fully saturated rings. The number of aliphatic hydroxyl groups is 1. The summed E-state index contributed by atoms with van der Waals surface area (Å²) in [6.07, 6.45) is 1.34. The Kier molecular flexibility index (Phi) is 3.84. The number of hydrogen-bond acceptors (Lipinski definition) is 3. The van der Waals surface area contributed by atoms with Crippen LogP contribution in [0.2, 0.25) is 0 Å². The third-order valence-electron chi connectivity index (χ3n) is 3.01. The Morgan fingerprint density at radius 2 is 2.29 bits per heavy atom. The van der Waals surface area contributed by atoms with Crippen LogP contribution < -0.4 is 4.74 Å². The van der Waals surface area contributed by atoms with Crippen molar-refractivity contribution in [2.24, 2.45) is 5.92 Å². The first-order chi connectivity index (χ1) is 8.11. The zero-order valence-electron chi connectivity index (χ0n) is 9.65. The number of ketones is 1. The molecule has 2 rings (SSSR count). The maximum atomic E-state index is 11.9. The summed E-state index contributed by atoms with van der Waals surface area (Å²) in [4.78, 5) is 11.9. The van der Waals surface area contributed by atoms with E-state index in [-0.39, 0.29) is 18.1 Å². The number of aliphatic hydroxyl groups excluding tert-OH is 1. The third kappa shape index (κ3) is 3.07. The van der Waals surface area contributed by atoms with Crippen LogP contribution in [0.5, 0.6) is 5.75 Å². The molecule has 1 saturated carbocycles. The lowest BCUT2D eigenvalue weighted by Crippen LogP contribution is -2.24. The molecule has 0 heterocycles. The number of carbonyl (C=O) groups excluding carboxylic acids is 1.